The Hall–Kier alpha value is -2.40. The Morgan fingerprint density at radius 2 is 1.59 bits per heavy atom. The molecule has 2 aromatic rings. The smallest absolute Gasteiger partial charge is 0.317 e. The van der Waals surface area contributed by atoms with Crippen molar-refractivity contribution in [1.29, 1.82) is 0 Å². The number of halogens is 1. The number of carbonyl (C=O) groups excluding carboxylic acids is 1. The average Bonchev–Trinajstić information content (AvgIpc) is 2.72. The van der Waals surface area contributed by atoms with Gasteiger partial charge in [-0.1, -0.05) is 42.5 Å². The van der Waals surface area contributed by atoms with Gasteiger partial charge in [-0.3, -0.25) is 4.90 Å². The monoisotopic (exact) mass is 369 g/mol. The molecule has 0 unspecified atom stereocenters. The number of aryl methyl sites for hydroxylation is 1. The molecule has 0 spiro atoms. The number of nitrogens with zero attached hydrogens (tertiary/aromatic N) is 2. The van der Waals surface area contributed by atoms with Crippen LogP contribution >= 0.6 is 0 Å². The first-order valence-electron chi connectivity index (χ1n) is 9.74. The van der Waals surface area contributed by atoms with Crippen molar-refractivity contribution in [3.63, 3.8) is 0 Å². The number of rotatable bonds is 7. The van der Waals surface area contributed by atoms with E-state index in [1.807, 2.05) is 47.4 Å². The van der Waals surface area contributed by atoms with Crippen molar-refractivity contribution >= 4 is 6.03 Å². The molecule has 2 aromatic carbocycles. The molecule has 3 rings (SSSR count). The molecule has 1 fully saturated rings. The van der Waals surface area contributed by atoms with Crippen LogP contribution < -0.4 is 5.32 Å². The lowest BCUT2D eigenvalue weighted by molar-refractivity contribution is 0.138. The second-order valence-electron chi connectivity index (χ2n) is 7.06. The number of hydrogen-bond donors (Lipinski definition) is 1. The lowest BCUT2D eigenvalue weighted by atomic mass is 10.1. The van der Waals surface area contributed by atoms with Crippen LogP contribution in [-0.4, -0.2) is 48.6 Å². The van der Waals surface area contributed by atoms with Gasteiger partial charge in [0.1, 0.15) is 5.82 Å². The van der Waals surface area contributed by atoms with Gasteiger partial charge in [-0.15, -0.1) is 0 Å². The first-order chi connectivity index (χ1) is 13.2. The molecule has 0 radical (unpaired) electrons. The van der Waals surface area contributed by atoms with Crippen LogP contribution in [0.25, 0.3) is 0 Å². The summed E-state index contributed by atoms with van der Waals surface area (Å²) in [7, 11) is 0. The third kappa shape index (κ3) is 6.36. The molecule has 27 heavy (non-hydrogen) atoms. The number of urea groups is 1. The van der Waals surface area contributed by atoms with Gasteiger partial charge in [0.05, 0.1) is 0 Å². The molecule has 1 aliphatic rings. The summed E-state index contributed by atoms with van der Waals surface area (Å²) in [6.07, 6.45) is 3.21. The Morgan fingerprint density at radius 3 is 2.30 bits per heavy atom. The minimum atomic E-state index is -0.176. The summed E-state index contributed by atoms with van der Waals surface area (Å²) in [5.41, 5.74) is 2.31. The zero-order valence-electron chi connectivity index (χ0n) is 15.7. The maximum absolute atomic E-state index is 12.9. The molecule has 1 N–H and O–H groups in total. The Bertz CT molecular complexity index is 697. The quantitative estimate of drug-likeness (QED) is 0.756. The molecular weight excluding hydrogens is 341 g/mol. The van der Waals surface area contributed by atoms with Gasteiger partial charge in [0.2, 0.25) is 0 Å². The summed E-state index contributed by atoms with van der Waals surface area (Å²) in [6.45, 7) is 5.03. The molecule has 2 amide bonds. The molecule has 1 saturated heterocycles. The van der Waals surface area contributed by atoms with Crippen LogP contribution in [0.15, 0.2) is 54.6 Å². The minimum absolute atomic E-state index is 0.0230. The summed E-state index contributed by atoms with van der Waals surface area (Å²) in [4.78, 5) is 16.6. The van der Waals surface area contributed by atoms with Gasteiger partial charge in [-0.05, 0) is 49.1 Å². The predicted octanol–water partition coefficient (Wildman–Crippen LogP) is 3.68. The van der Waals surface area contributed by atoms with Gasteiger partial charge in [0, 0.05) is 32.7 Å². The molecule has 144 valence electrons. The van der Waals surface area contributed by atoms with Crippen molar-refractivity contribution in [2.24, 2.45) is 0 Å². The zero-order chi connectivity index (χ0) is 18.9. The van der Waals surface area contributed by atoms with E-state index in [-0.39, 0.29) is 11.8 Å². The van der Waals surface area contributed by atoms with Crippen LogP contribution in [0.2, 0.25) is 0 Å². The summed E-state index contributed by atoms with van der Waals surface area (Å²) >= 11 is 0. The van der Waals surface area contributed by atoms with Gasteiger partial charge >= 0.3 is 6.03 Å². The number of nitrogens with one attached hydrogen (secondary N) is 1. The van der Waals surface area contributed by atoms with Gasteiger partial charge in [-0.25, -0.2) is 9.18 Å². The molecule has 5 heteroatoms. The highest BCUT2D eigenvalue weighted by molar-refractivity contribution is 5.74. The Kier molecular flexibility index (Phi) is 7.22. The summed E-state index contributed by atoms with van der Waals surface area (Å²) in [5, 5.41) is 3.00. The number of hydrogen-bond acceptors (Lipinski definition) is 2. The van der Waals surface area contributed by atoms with Crippen LogP contribution in [-0.2, 0) is 13.0 Å². The van der Waals surface area contributed by atoms with Crippen molar-refractivity contribution in [3.05, 3.63) is 71.5 Å². The first-order valence-corrected chi connectivity index (χ1v) is 9.74. The predicted molar refractivity (Wildman–Crippen MR) is 106 cm³/mol. The molecule has 0 aliphatic carbocycles. The average molecular weight is 369 g/mol. The third-order valence-corrected chi connectivity index (χ3v) is 5.05. The van der Waals surface area contributed by atoms with E-state index in [1.54, 1.807) is 0 Å². The number of carbonyl (C=O) groups is 1. The van der Waals surface area contributed by atoms with E-state index in [4.69, 9.17) is 0 Å². The van der Waals surface area contributed by atoms with Crippen molar-refractivity contribution in [1.82, 2.24) is 15.1 Å². The third-order valence-electron chi connectivity index (χ3n) is 5.05. The van der Waals surface area contributed by atoms with E-state index in [2.05, 4.69) is 10.2 Å². The van der Waals surface area contributed by atoms with Gasteiger partial charge < -0.3 is 10.2 Å². The van der Waals surface area contributed by atoms with E-state index >= 15 is 0 Å². The van der Waals surface area contributed by atoms with Crippen LogP contribution in [0.4, 0.5) is 9.18 Å². The van der Waals surface area contributed by atoms with Crippen LogP contribution in [0.5, 0.6) is 0 Å². The summed E-state index contributed by atoms with van der Waals surface area (Å²) < 4.78 is 12.9. The molecular formula is C22H28FN3O. The lowest BCUT2D eigenvalue weighted by Gasteiger charge is -2.34. The van der Waals surface area contributed by atoms with E-state index in [0.29, 0.717) is 6.54 Å². The largest absolute Gasteiger partial charge is 0.334 e. The van der Waals surface area contributed by atoms with Gasteiger partial charge in [0.15, 0.2) is 0 Å². The number of benzene rings is 2. The molecule has 0 bridgehead atoms. The highest BCUT2D eigenvalue weighted by Gasteiger charge is 2.20. The standard InChI is InChI=1S/C22H28FN3O/c23-21-11-9-19(10-12-21)6-4-5-13-25-14-16-26(17-15-25)22(27)24-18-20-7-2-1-3-8-20/h1-3,7-12H,4-6,13-18H2,(H,24,27). The van der Waals surface area contributed by atoms with E-state index < -0.39 is 0 Å². The Labute approximate surface area is 161 Å². The van der Waals surface area contributed by atoms with Gasteiger partial charge in [0.25, 0.3) is 0 Å². The van der Waals surface area contributed by atoms with Crippen molar-refractivity contribution in [2.45, 2.75) is 25.8 Å². The maximum Gasteiger partial charge on any atom is 0.317 e. The minimum Gasteiger partial charge on any atom is -0.334 e. The molecule has 0 atom stereocenters. The molecule has 1 aliphatic heterocycles. The van der Waals surface area contributed by atoms with Crippen molar-refractivity contribution in [2.75, 3.05) is 32.7 Å². The highest BCUT2D eigenvalue weighted by Crippen LogP contribution is 2.09. The summed E-state index contributed by atoms with van der Waals surface area (Å²) in [5.74, 6) is -0.176. The van der Waals surface area contributed by atoms with E-state index in [9.17, 15) is 9.18 Å². The van der Waals surface area contributed by atoms with Gasteiger partial charge in [-0.2, -0.15) is 0 Å². The highest BCUT2D eigenvalue weighted by atomic mass is 19.1. The van der Waals surface area contributed by atoms with Crippen LogP contribution in [0, 0.1) is 5.82 Å². The second-order valence-corrected chi connectivity index (χ2v) is 7.06. The fourth-order valence-electron chi connectivity index (χ4n) is 3.38. The summed E-state index contributed by atoms with van der Waals surface area (Å²) in [6, 6.07) is 16.8. The number of unbranched alkanes of at least 4 members (excludes halogenated alkanes) is 1. The molecule has 1 heterocycles. The maximum atomic E-state index is 12.9. The normalized spacial score (nSPS) is 14.9. The molecule has 4 nitrogen and oxygen atoms in total. The Balaban J connectivity index is 1.29. The fraction of sp³-hybridized carbons (Fsp3) is 0.409. The topological polar surface area (TPSA) is 35.6 Å². The molecule has 0 saturated carbocycles. The Morgan fingerprint density at radius 1 is 0.889 bits per heavy atom. The van der Waals surface area contributed by atoms with Crippen molar-refractivity contribution < 1.29 is 9.18 Å². The first kappa shape index (κ1) is 19.4. The second kappa shape index (κ2) is 10.1. The fourth-order valence-corrected chi connectivity index (χ4v) is 3.38. The molecule has 0 aromatic heterocycles. The lowest BCUT2D eigenvalue weighted by Crippen LogP contribution is -2.51. The van der Waals surface area contributed by atoms with Crippen molar-refractivity contribution in [3.8, 4) is 0 Å². The number of amides is 2. The zero-order valence-corrected chi connectivity index (χ0v) is 15.7. The van der Waals surface area contributed by atoms with Crippen LogP contribution in [0.3, 0.4) is 0 Å². The van der Waals surface area contributed by atoms with E-state index in [0.717, 1.165) is 57.5 Å². The SMILES string of the molecule is O=C(NCc1ccccc1)N1CCN(CCCCc2ccc(F)cc2)CC1. The number of piperazine rings is 1. The van der Waals surface area contributed by atoms with Crippen LogP contribution in [0.1, 0.15) is 24.0 Å². The van der Waals surface area contributed by atoms with E-state index in [1.165, 1.54) is 17.7 Å².